The van der Waals surface area contributed by atoms with Crippen molar-refractivity contribution in [2.45, 2.75) is 32.1 Å². The highest BCUT2D eigenvalue weighted by Gasteiger charge is 2.33. The second kappa shape index (κ2) is 8.13. The first kappa shape index (κ1) is 16.7. The molecule has 2 aliphatic rings. The van der Waals surface area contributed by atoms with E-state index in [1.165, 1.54) is 6.42 Å². The van der Waals surface area contributed by atoms with Crippen LogP contribution in [0.15, 0.2) is 24.5 Å². The van der Waals surface area contributed by atoms with Crippen molar-refractivity contribution in [3.8, 4) is 0 Å². The summed E-state index contributed by atoms with van der Waals surface area (Å²) in [5.74, 6) is 0.710. The predicted molar refractivity (Wildman–Crippen MR) is 92.4 cm³/mol. The van der Waals surface area contributed by atoms with Crippen LogP contribution in [0.4, 0.5) is 5.69 Å². The molecule has 1 aromatic heterocycles. The third kappa shape index (κ3) is 4.24. The van der Waals surface area contributed by atoms with E-state index in [0.717, 1.165) is 44.5 Å². The number of rotatable bonds is 6. The Balaban J connectivity index is 1.32. The third-order valence-electron chi connectivity index (χ3n) is 5.05. The summed E-state index contributed by atoms with van der Waals surface area (Å²) in [6, 6.07) is 3.82. The third-order valence-corrected chi connectivity index (χ3v) is 5.05. The molecule has 0 atom stereocenters. The summed E-state index contributed by atoms with van der Waals surface area (Å²) in [6.07, 6.45) is 8.32. The fourth-order valence-electron chi connectivity index (χ4n) is 3.28. The molecule has 1 aromatic rings. The molecule has 6 heteroatoms. The Morgan fingerprint density at radius 3 is 2.54 bits per heavy atom. The van der Waals surface area contributed by atoms with Crippen molar-refractivity contribution in [1.82, 2.24) is 15.2 Å². The first-order valence-corrected chi connectivity index (χ1v) is 8.94. The number of piperidine rings is 1. The molecule has 6 nitrogen and oxygen atoms in total. The molecule has 0 spiro atoms. The Kier molecular flexibility index (Phi) is 5.67. The van der Waals surface area contributed by atoms with E-state index in [1.807, 2.05) is 17.0 Å². The Hall–Kier alpha value is -2.11. The summed E-state index contributed by atoms with van der Waals surface area (Å²) in [6.45, 7) is 2.72. The van der Waals surface area contributed by atoms with Gasteiger partial charge >= 0.3 is 0 Å². The van der Waals surface area contributed by atoms with Crippen LogP contribution in [0.2, 0.25) is 0 Å². The molecule has 2 fully saturated rings. The van der Waals surface area contributed by atoms with Gasteiger partial charge in [0.05, 0.1) is 5.69 Å². The molecule has 2 amide bonds. The molecule has 1 aliphatic carbocycles. The summed E-state index contributed by atoms with van der Waals surface area (Å²) >= 11 is 0. The summed E-state index contributed by atoms with van der Waals surface area (Å²) in [5.41, 5.74) is 0.953. The van der Waals surface area contributed by atoms with E-state index in [1.54, 1.807) is 12.4 Å². The van der Waals surface area contributed by atoms with Crippen LogP contribution in [0.5, 0.6) is 0 Å². The molecule has 1 saturated carbocycles. The highest BCUT2D eigenvalue weighted by Crippen LogP contribution is 2.30. The number of nitrogens with zero attached hydrogens (tertiary/aromatic N) is 2. The van der Waals surface area contributed by atoms with Gasteiger partial charge in [0.1, 0.15) is 0 Å². The lowest BCUT2D eigenvalue weighted by molar-refractivity contribution is -0.141. The Morgan fingerprint density at radius 1 is 1.12 bits per heavy atom. The zero-order chi connectivity index (χ0) is 16.8. The number of amides is 2. The topological polar surface area (TPSA) is 74.3 Å². The summed E-state index contributed by atoms with van der Waals surface area (Å²) in [4.78, 5) is 30.4. The zero-order valence-electron chi connectivity index (χ0n) is 14.0. The number of aromatic nitrogens is 1. The number of pyridine rings is 1. The lowest BCUT2D eigenvalue weighted by atomic mass is 9.83. The maximum atomic E-state index is 12.2. The lowest BCUT2D eigenvalue weighted by Crippen LogP contribution is -2.46. The summed E-state index contributed by atoms with van der Waals surface area (Å²) < 4.78 is 0. The largest absolute Gasteiger partial charge is 0.382 e. The van der Waals surface area contributed by atoms with Gasteiger partial charge in [-0.2, -0.15) is 0 Å². The van der Waals surface area contributed by atoms with Crippen LogP contribution < -0.4 is 10.6 Å². The maximum Gasteiger partial charge on any atom is 0.225 e. The number of nitrogens with one attached hydrogen (secondary N) is 2. The van der Waals surface area contributed by atoms with Crippen LogP contribution >= 0.6 is 0 Å². The van der Waals surface area contributed by atoms with Crippen molar-refractivity contribution in [2.24, 2.45) is 11.8 Å². The second-order valence-corrected chi connectivity index (χ2v) is 6.69. The average Bonchev–Trinajstić information content (AvgIpc) is 2.58. The first-order chi connectivity index (χ1) is 11.7. The van der Waals surface area contributed by atoms with Gasteiger partial charge in [-0.3, -0.25) is 14.6 Å². The van der Waals surface area contributed by atoms with E-state index in [0.29, 0.717) is 19.0 Å². The van der Waals surface area contributed by atoms with Crippen LogP contribution in [-0.4, -0.2) is 47.9 Å². The number of carbonyl (C=O) groups excluding carboxylic acids is 2. The molecule has 0 radical (unpaired) electrons. The van der Waals surface area contributed by atoms with E-state index < -0.39 is 0 Å². The predicted octanol–water partition coefficient (Wildman–Crippen LogP) is 1.65. The van der Waals surface area contributed by atoms with Gasteiger partial charge in [0.15, 0.2) is 0 Å². The minimum atomic E-state index is 0.0360. The van der Waals surface area contributed by atoms with Crippen molar-refractivity contribution in [2.75, 3.05) is 31.5 Å². The van der Waals surface area contributed by atoms with Gasteiger partial charge in [-0.15, -0.1) is 0 Å². The molecule has 0 bridgehead atoms. The van der Waals surface area contributed by atoms with Crippen LogP contribution in [0.1, 0.15) is 32.1 Å². The number of anilines is 1. The highest BCUT2D eigenvalue weighted by atomic mass is 16.2. The van der Waals surface area contributed by atoms with Crippen LogP contribution in [0.3, 0.4) is 0 Å². The molecular weight excluding hydrogens is 304 g/mol. The van der Waals surface area contributed by atoms with Crippen LogP contribution in [0.25, 0.3) is 0 Å². The number of hydrogen-bond acceptors (Lipinski definition) is 4. The van der Waals surface area contributed by atoms with Gasteiger partial charge in [-0.05, 0) is 37.8 Å². The van der Waals surface area contributed by atoms with E-state index >= 15 is 0 Å². The second-order valence-electron chi connectivity index (χ2n) is 6.69. The Labute approximate surface area is 143 Å². The number of carbonyl (C=O) groups is 2. The number of likely N-dealkylation sites (tertiary alicyclic amines) is 1. The molecule has 24 heavy (non-hydrogen) atoms. The maximum absolute atomic E-state index is 12.2. The smallest absolute Gasteiger partial charge is 0.225 e. The minimum Gasteiger partial charge on any atom is -0.382 e. The van der Waals surface area contributed by atoms with Crippen molar-refractivity contribution in [1.29, 1.82) is 0 Å². The van der Waals surface area contributed by atoms with E-state index in [-0.39, 0.29) is 17.7 Å². The van der Waals surface area contributed by atoms with Crippen molar-refractivity contribution in [3.05, 3.63) is 24.5 Å². The first-order valence-electron chi connectivity index (χ1n) is 8.94. The van der Waals surface area contributed by atoms with Gasteiger partial charge in [0.25, 0.3) is 0 Å². The van der Waals surface area contributed by atoms with Crippen LogP contribution in [-0.2, 0) is 9.59 Å². The summed E-state index contributed by atoms with van der Waals surface area (Å²) in [7, 11) is 0. The Morgan fingerprint density at radius 2 is 1.92 bits per heavy atom. The fourth-order valence-corrected chi connectivity index (χ4v) is 3.28. The van der Waals surface area contributed by atoms with E-state index in [9.17, 15) is 9.59 Å². The highest BCUT2D eigenvalue weighted by molar-refractivity contribution is 5.81. The van der Waals surface area contributed by atoms with Crippen molar-refractivity contribution >= 4 is 17.5 Å². The lowest BCUT2D eigenvalue weighted by Gasteiger charge is -2.36. The van der Waals surface area contributed by atoms with Gasteiger partial charge in [-0.25, -0.2) is 0 Å². The molecule has 3 rings (SSSR count). The van der Waals surface area contributed by atoms with Crippen LogP contribution in [0, 0.1) is 11.8 Å². The van der Waals surface area contributed by atoms with E-state index in [2.05, 4.69) is 15.6 Å². The fraction of sp³-hybridized carbons (Fsp3) is 0.611. The van der Waals surface area contributed by atoms with Gasteiger partial charge in [0.2, 0.25) is 11.8 Å². The minimum absolute atomic E-state index is 0.0360. The number of hydrogen-bond donors (Lipinski definition) is 2. The molecule has 0 aromatic carbocycles. The zero-order valence-corrected chi connectivity index (χ0v) is 14.0. The van der Waals surface area contributed by atoms with Gasteiger partial charge < -0.3 is 15.5 Å². The molecule has 0 unspecified atom stereocenters. The molecule has 2 N–H and O–H groups in total. The standard InChI is InChI=1S/C18H26N4O2/c23-17(21-10-9-20-16-5-2-8-19-13-16)14-6-11-22(12-7-14)18(24)15-3-1-4-15/h2,5,8,13-15,20H,1,3-4,6-7,9-12H2,(H,21,23). The van der Waals surface area contributed by atoms with Crippen molar-refractivity contribution in [3.63, 3.8) is 0 Å². The molecule has 1 saturated heterocycles. The quantitative estimate of drug-likeness (QED) is 0.778. The molecular formula is C18H26N4O2. The summed E-state index contributed by atoms with van der Waals surface area (Å²) in [5, 5.41) is 6.21. The molecule has 1 aliphatic heterocycles. The molecule has 2 heterocycles. The average molecular weight is 330 g/mol. The Bertz CT molecular complexity index is 551. The monoisotopic (exact) mass is 330 g/mol. The SMILES string of the molecule is O=C(NCCNc1cccnc1)C1CCN(C(=O)C2CCC2)CC1. The van der Waals surface area contributed by atoms with Gasteiger partial charge in [-0.1, -0.05) is 6.42 Å². The van der Waals surface area contributed by atoms with Gasteiger partial charge in [0, 0.05) is 50.4 Å². The molecule has 130 valence electrons. The van der Waals surface area contributed by atoms with Crippen molar-refractivity contribution < 1.29 is 9.59 Å². The van der Waals surface area contributed by atoms with E-state index in [4.69, 9.17) is 0 Å². The normalized spacial score (nSPS) is 18.8.